The molecule has 1 aliphatic rings. The van der Waals surface area contributed by atoms with Crippen LogP contribution in [0.2, 0.25) is 0 Å². The quantitative estimate of drug-likeness (QED) is 0.220. The summed E-state index contributed by atoms with van der Waals surface area (Å²) in [5, 5.41) is 14.0. The third kappa shape index (κ3) is 5.98. The highest BCUT2D eigenvalue weighted by atomic mass is 32.2. The molecular formula is C33H32N2O4S. The van der Waals surface area contributed by atoms with E-state index in [2.05, 4.69) is 11.4 Å². The Morgan fingerprint density at radius 1 is 0.975 bits per heavy atom. The zero-order chi connectivity index (χ0) is 28.6. The first-order chi connectivity index (χ1) is 19.4. The highest BCUT2D eigenvalue weighted by molar-refractivity contribution is 8.04. The fourth-order valence-electron chi connectivity index (χ4n) is 4.74. The minimum atomic E-state index is -0.779. The highest BCUT2D eigenvalue weighted by Gasteiger charge is 2.40. The van der Waals surface area contributed by atoms with Gasteiger partial charge >= 0.3 is 5.97 Å². The van der Waals surface area contributed by atoms with Gasteiger partial charge in [-0.25, -0.2) is 4.79 Å². The van der Waals surface area contributed by atoms with Gasteiger partial charge in [-0.15, -0.1) is 0 Å². The number of para-hydroxylation sites is 1. The molecule has 0 aliphatic carbocycles. The number of nitriles is 1. The Bertz CT molecular complexity index is 1470. The smallest absolute Gasteiger partial charge is 0.337 e. The van der Waals surface area contributed by atoms with Crippen LogP contribution < -0.4 is 10.1 Å². The van der Waals surface area contributed by atoms with Crippen LogP contribution in [-0.2, 0) is 9.53 Å². The van der Waals surface area contributed by atoms with Crippen LogP contribution in [0.4, 0.5) is 0 Å². The van der Waals surface area contributed by atoms with Crippen LogP contribution in [0.25, 0.3) is 5.70 Å². The van der Waals surface area contributed by atoms with Crippen LogP contribution >= 0.6 is 11.8 Å². The topological polar surface area (TPSA) is 88.4 Å². The van der Waals surface area contributed by atoms with Crippen LogP contribution in [-0.4, -0.2) is 30.7 Å². The van der Waals surface area contributed by atoms with E-state index < -0.39 is 17.1 Å². The number of nitrogens with zero attached hydrogens (tertiary/aromatic N) is 1. The standard InChI is InChI=1S/C33H32N2O4S/c1-5-39-33(37)28-27(24-18-12-13-19-26(24)38-4)25(20-34)32(35-29(28)22-14-8-6-9-15-22)40-31(21(2)3)30(36)23-16-10-7-11-17-23/h6-19,21,27,31,35H,5H2,1-4H3. The predicted molar refractivity (Wildman–Crippen MR) is 158 cm³/mol. The van der Waals surface area contributed by atoms with Gasteiger partial charge in [0.05, 0.1) is 52.8 Å². The minimum absolute atomic E-state index is 0.0255. The number of hydrogen-bond acceptors (Lipinski definition) is 7. The Kier molecular flexibility index (Phi) is 9.47. The second-order valence-corrected chi connectivity index (χ2v) is 10.7. The number of ketones is 1. The van der Waals surface area contributed by atoms with E-state index in [0.717, 1.165) is 5.56 Å². The number of nitrogens with one attached hydrogen (secondary N) is 1. The van der Waals surface area contributed by atoms with Gasteiger partial charge in [0.1, 0.15) is 5.75 Å². The number of carbonyl (C=O) groups excluding carboxylic acids is 2. The lowest BCUT2D eigenvalue weighted by molar-refractivity contribution is -0.138. The summed E-state index contributed by atoms with van der Waals surface area (Å²) in [7, 11) is 1.56. The van der Waals surface area contributed by atoms with Crippen molar-refractivity contribution in [2.45, 2.75) is 31.9 Å². The first-order valence-corrected chi connectivity index (χ1v) is 14.1. The molecule has 4 rings (SSSR count). The van der Waals surface area contributed by atoms with Crippen molar-refractivity contribution in [2.24, 2.45) is 5.92 Å². The second-order valence-electron chi connectivity index (χ2n) is 9.54. The van der Waals surface area contributed by atoms with Crippen molar-refractivity contribution in [1.82, 2.24) is 5.32 Å². The molecule has 40 heavy (non-hydrogen) atoms. The molecular weight excluding hydrogens is 520 g/mol. The van der Waals surface area contributed by atoms with Crippen molar-refractivity contribution in [3.05, 3.63) is 118 Å². The van der Waals surface area contributed by atoms with Gasteiger partial charge in [-0.1, -0.05) is 104 Å². The summed E-state index contributed by atoms with van der Waals surface area (Å²) < 4.78 is 11.2. The van der Waals surface area contributed by atoms with Crippen molar-refractivity contribution >= 4 is 29.2 Å². The van der Waals surface area contributed by atoms with E-state index in [1.807, 2.05) is 80.6 Å². The van der Waals surface area contributed by atoms with E-state index in [-0.39, 0.29) is 18.3 Å². The van der Waals surface area contributed by atoms with Gasteiger partial charge in [-0.05, 0) is 24.5 Å². The van der Waals surface area contributed by atoms with E-state index >= 15 is 0 Å². The average molecular weight is 553 g/mol. The summed E-state index contributed by atoms with van der Waals surface area (Å²) in [6, 6.07) is 28.3. The number of thioether (sulfide) groups is 1. The van der Waals surface area contributed by atoms with Gasteiger partial charge in [0.25, 0.3) is 0 Å². The maximum atomic E-state index is 13.7. The Labute approximate surface area is 239 Å². The van der Waals surface area contributed by atoms with Gasteiger partial charge in [-0.3, -0.25) is 4.79 Å². The Hall–Kier alpha value is -4.28. The average Bonchev–Trinajstić information content (AvgIpc) is 2.99. The summed E-state index contributed by atoms with van der Waals surface area (Å²) in [5.41, 5.74) is 3.20. The molecule has 0 aromatic heterocycles. The van der Waals surface area contributed by atoms with Gasteiger partial charge in [0, 0.05) is 11.1 Å². The summed E-state index contributed by atoms with van der Waals surface area (Å²) >= 11 is 1.32. The van der Waals surface area contributed by atoms with Crippen LogP contribution in [0.1, 0.15) is 48.2 Å². The van der Waals surface area contributed by atoms with Gasteiger partial charge in [-0.2, -0.15) is 5.26 Å². The SMILES string of the molecule is CCOC(=O)C1=C(c2ccccc2)NC(SC(C(=O)c2ccccc2)C(C)C)=C(C#N)C1c1ccccc1OC. The lowest BCUT2D eigenvalue weighted by Crippen LogP contribution is -2.32. The molecule has 3 aromatic carbocycles. The number of ether oxygens (including phenoxy) is 2. The fraction of sp³-hybridized carbons (Fsp3) is 0.242. The first-order valence-electron chi connectivity index (χ1n) is 13.2. The van der Waals surface area contributed by atoms with E-state index in [4.69, 9.17) is 9.47 Å². The molecule has 1 N–H and O–H groups in total. The van der Waals surface area contributed by atoms with E-state index in [1.165, 1.54) is 11.8 Å². The molecule has 1 aliphatic heterocycles. The molecule has 204 valence electrons. The molecule has 0 amide bonds. The predicted octanol–water partition coefficient (Wildman–Crippen LogP) is 6.73. The number of rotatable bonds is 10. The van der Waals surface area contributed by atoms with Gasteiger partial charge < -0.3 is 14.8 Å². The highest BCUT2D eigenvalue weighted by Crippen LogP contribution is 2.47. The number of Topliss-reactive ketones (excluding diaryl/α,β-unsaturated/α-hetero) is 1. The van der Waals surface area contributed by atoms with E-state index in [1.54, 1.807) is 32.2 Å². The molecule has 6 nitrogen and oxygen atoms in total. The number of allylic oxidation sites excluding steroid dienone is 1. The van der Waals surface area contributed by atoms with Crippen molar-refractivity contribution in [2.75, 3.05) is 13.7 Å². The number of dihydropyridines is 1. The summed E-state index contributed by atoms with van der Waals surface area (Å²) in [6.45, 7) is 5.91. The second kappa shape index (κ2) is 13.2. The summed E-state index contributed by atoms with van der Waals surface area (Å²) in [4.78, 5) is 27.3. The fourth-order valence-corrected chi connectivity index (χ4v) is 5.96. The van der Waals surface area contributed by atoms with Crippen molar-refractivity contribution in [3.8, 4) is 11.8 Å². The largest absolute Gasteiger partial charge is 0.496 e. The summed E-state index contributed by atoms with van der Waals surface area (Å²) in [6.07, 6.45) is 0. The molecule has 0 saturated heterocycles. The monoisotopic (exact) mass is 552 g/mol. The number of esters is 1. The lowest BCUT2D eigenvalue weighted by atomic mass is 9.81. The minimum Gasteiger partial charge on any atom is -0.496 e. The number of benzene rings is 3. The molecule has 0 bridgehead atoms. The normalized spacial score (nSPS) is 15.8. The Morgan fingerprint density at radius 2 is 1.60 bits per heavy atom. The molecule has 0 spiro atoms. The van der Waals surface area contributed by atoms with E-state index in [9.17, 15) is 14.9 Å². The molecule has 0 saturated carbocycles. The third-order valence-electron chi connectivity index (χ3n) is 6.63. The molecule has 7 heteroatoms. The van der Waals surface area contributed by atoms with Crippen LogP contribution in [0.5, 0.6) is 5.75 Å². The zero-order valence-corrected chi connectivity index (χ0v) is 23.8. The number of hydrogen-bond donors (Lipinski definition) is 1. The van der Waals surface area contributed by atoms with Crippen molar-refractivity contribution in [3.63, 3.8) is 0 Å². The Balaban J connectivity index is 1.95. The van der Waals surface area contributed by atoms with Gasteiger partial charge in [0.15, 0.2) is 5.78 Å². The molecule has 0 radical (unpaired) electrons. The first kappa shape index (κ1) is 28.7. The maximum absolute atomic E-state index is 13.7. The number of carbonyl (C=O) groups is 2. The third-order valence-corrected chi connectivity index (χ3v) is 8.20. The molecule has 1 heterocycles. The Morgan fingerprint density at radius 3 is 2.20 bits per heavy atom. The molecule has 0 fully saturated rings. The maximum Gasteiger partial charge on any atom is 0.337 e. The van der Waals surface area contributed by atoms with Crippen molar-refractivity contribution in [1.29, 1.82) is 5.26 Å². The van der Waals surface area contributed by atoms with Gasteiger partial charge in [0.2, 0.25) is 0 Å². The van der Waals surface area contributed by atoms with Crippen LogP contribution in [0, 0.1) is 17.2 Å². The van der Waals surface area contributed by atoms with Crippen LogP contribution in [0.3, 0.4) is 0 Å². The zero-order valence-electron chi connectivity index (χ0n) is 23.0. The summed E-state index contributed by atoms with van der Waals surface area (Å²) in [5.74, 6) is -0.822. The van der Waals surface area contributed by atoms with Crippen molar-refractivity contribution < 1.29 is 19.1 Å². The molecule has 2 unspecified atom stereocenters. The molecule has 3 aromatic rings. The lowest BCUT2D eigenvalue weighted by Gasteiger charge is -2.33. The van der Waals surface area contributed by atoms with Crippen LogP contribution in [0.15, 0.2) is 101 Å². The van der Waals surface area contributed by atoms with E-state index in [0.29, 0.717) is 38.7 Å². The number of methoxy groups -OCH3 is 1. The molecule has 2 atom stereocenters.